The van der Waals surface area contributed by atoms with Gasteiger partial charge in [0.05, 0.1) is 7.11 Å². The van der Waals surface area contributed by atoms with Gasteiger partial charge in [0.2, 0.25) is 5.91 Å². The first-order valence-electron chi connectivity index (χ1n) is 6.69. The van der Waals surface area contributed by atoms with E-state index in [-0.39, 0.29) is 11.9 Å². The lowest BCUT2D eigenvalue weighted by atomic mass is 10.1. The number of carbonyl (C=O) groups excluding carboxylic acids is 1. The molecule has 0 spiro atoms. The molecule has 0 bridgehead atoms. The first kappa shape index (κ1) is 15.5. The number of methoxy groups -OCH3 is 1. The van der Waals surface area contributed by atoms with Gasteiger partial charge < -0.3 is 15.4 Å². The minimum absolute atomic E-state index is 0.0368. The van der Waals surface area contributed by atoms with Crippen LogP contribution in [-0.2, 0) is 11.3 Å². The third kappa shape index (κ3) is 5.30. The summed E-state index contributed by atoms with van der Waals surface area (Å²) in [6.07, 6.45) is 2.31. The van der Waals surface area contributed by atoms with E-state index >= 15 is 0 Å². The molecule has 0 heterocycles. The average Bonchev–Trinajstić information content (AvgIpc) is 2.39. The van der Waals surface area contributed by atoms with Crippen LogP contribution in [0, 0.1) is 0 Å². The molecule has 1 aromatic rings. The van der Waals surface area contributed by atoms with Crippen molar-refractivity contribution >= 4 is 5.91 Å². The first-order chi connectivity index (χ1) is 9.06. The maximum atomic E-state index is 12.0. The van der Waals surface area contributed by atoms with Crippen LogP contribution in [0.5, 0.6) is 5.75 Å². The van der Waals surface area contributed by atoms with Gasteiger partial charge in [0.25, 0.3) is 0 Å². The third-order valence-corrected chi connectivity index (χ3v) is 3.08. The molecule has 0 fully saturated rings. The van der Waals surface area contributed by atoms with Crippen LogP contribution < -0.4 is 10.5 Å². The molecule has 1 unspecified atom stereocenters. The molecule has 0 aromatic heterocycles. The standard InChI is InChI=1S/C15H24N2O2/c1-4-6-13(16)10-15(18)17(2)11-12-7-5-8-14(9-12)19-3/h5,7-9,13H,4,6,10-11,16H2,1-3H3. The highest BCUT2D eigenvalue weighted by Crippen LogP contribution is 2.14. The summed E-state index contributed by atoms with van der Waals surface area (Å²) in [4.78, 5) is 13.7. The number of hydrogen-bond acceptors (Lipinski definition) is 3. The van der Waals surface area contributed by atoms with Crippen LogP contribution in [0.25, 0.3) is 0 Å². The zero-order valence-electron chi connectivity index (χ0n) is 12.1. The summed E-state index contributed by atoms with van der Waals surface area (Å²) in [5.74, 6) is 0.893. The van der Waals surface area contributed by atoms with Crippen LogP contribution in [0.4, 0.5) is 0 Å². The van der Waals surface area contributed by atoms with E-state index in [1.165, 1.54) is 0 Å². The Morgan fingerprint density at radius 3 is 2.84 bits per heavy atom. The number of amides is 1. The lowest BCUT2D eigenvalue weighted by Crippen LogP contribution is -2.32. The Morgan fingerprint density at radius 1 is 1.47 bits per heavy atom. The van der Waals surface area contributed by atoms with Gasteiger partial charge in [-0.25, -0.2) is 0 Å². The molecule has 4 heteroatoms. The molecule has 0 aliphatic carbocycles. The second kappa shape index (κ2) is 7.79. The van der Waals surface area contributed by atoms with E-state index in [2.05, 4.69) is 6.92 Å². The summed E-state index contributed by atoms with van der Waals surface area (Å²) in [6.45, 7) is 2.65. The van der Waals surface area contributed by atoms with Gasteiger partial charge in [0.1, 0.15) is 5.75 Å². The Hall–Kier alpha value is -1.55. The predicted molar refractivity (Wildman–Crippen MR) is 77.0 cm³/mol. The minimum atomic E-state index is -0.0368. The van der Waals surface area contributed by atoms with Crippen molar-refractivity contribution < 1.29 is 9.53 Å². The maximum absolute atomic E-state index is 12.0. The molecule has 1 rings (SSSR count). The van der Waals surface area contributed by atoms with Gasteiger partial charge in [-0.3, -0.25) is 4.79 Å². The Balaban J connectivity index is 2.53. The summed E-state index contributed by atoms with van der Waals surface area (Å²) in [5, 5.41) is 0. The van der Waals surface area contributed by atoms with Crippen LogP contribution in [0.15, 0.2) is 24.3 Å². The fourth-order valence-electron chi connectivity index (χ4n) is 1.99. The minimum Gasteiger partial charge on any atom is -0.497 e. The van der Waals surface area contributed by atoms with Gasteiger partial charge >= 0.3 is 0 Å². The summed E-state index contributed by atoms with van der Waals surface area (Å²) < 4.78 is 5.17. The molecule has 0 saturated carbocycles. The molecule has 19 heavy (non-hydrogen) atoms. The van der Waals surface area contributed by atoms with Crippen molar-refractivity contribution in [1.29, 1.82) is 0 Å². The number of rotatable bonds is 7. The van der Waals surface area contributed by atoms with E-state index in [0.29, 0.717) is 13.0 Å². The van der Waals surface area contributed by atoms with Crippen LogP contribution in [0.3, 0.4) is 0 Å². The maximum Gasteiger partial charge on any atom is 0.224 e. The summed E-state index contributed by atoms with van der Waals surface area (Å²) in [7, 11) is 3.44. The molecule has 1 aromatic carbocycles. The van der Waals surface area contributed by atoms with Crippen molar-refractivity contribution in [3.8, 4) is 5.75 Å². The van der Waals surface area contributed by atoms with Gasteiger partial charge in [0, 0.05) is 26.1 Å². The molecule has 106 valence electrons. The highest BCUT2D eigenvalue weighted by atomic mass is 16.5. The molecule has 2 N–H and O–H groups in total. The normalized spacial score (nSPS) is 12.0. The quantitative estimate of drug-likeness (QED) is 0.821. The van der Waals surface area contributed by atoms with Crippen molar-refractivity contribution in [2.45, 2.75) is 38.8 Å². The first-order valence-corrected chi connectivity index (χ1v) is 6.69. The van der Waals surface area contributed by atoms with E-state index in [1.807, 2.05) is 24.3 Å². The van der Waals surface area contributed by atoms with E-state index < -0.39 is 0 Å². The van der Waals surface area contributed by atoms with Crippen molar-refractivity contribution in [1.82, 2.24) is 4.90 Å². The number of hydrogen-bond donors (Lipinski definition) is 1. The zero-order chi connectivity index (χ0) is 14.3. The lowest BCUT2D eigenvalue weighted by molar-refractivity contribution is -0.130. The Labute approximate surface area is 115 Å². The molecule has 0 aliphatic heterocycles. The van der Waals surface area contributed by atoms with E-state index in [1.54, 1.807) is 19.1 Å². The molecule has 4 nitrogen and oxygen atoms in total. The number of nitrogens with two attached hydrogens (primary N) is 1. The van der Waals surface area contributed by atoms with Gasteiger partial charge in [-0.2, -0.15) is 0 Å². The molecule has 0 aliphatic rings. The van der Waals surface area contributed by atoms with Crippen LogP contribution in [0.2, 0.25) is 0 Å². The topological polar surface area (TPSA) is 55.6 Å². The number of benzene rings is 1. The second-order valence-electron chi connectivity index (χ2n) is 4.85. The smallest absolute Gasteiger partial charge is 0.224 e. The molecular formula is C15H24N2O2. The molecule has 1 atom stereocenters. The fraction of sp³-hybridized carbons (Fsp3) is 0.533. The van der Waals surface area contributed by atoms with Crippen molar-refractivity contribution in [2.24, 2.45) is 5.73 Å². The van der Waals surface area contributed by atoms with Crippen LogP contribution in [-0.4, -0.2) is 31.0 Å². The number of carbonyl (C=O) groups is 1. The zero-order valence-corrected chi connectivity index (χ0v) is 12.1. The fourth-order valence-corrected chi connectivity index (χ4v) is 1.99. The third-order valence-electron chi connectivity index (χ3n) is 3.08. The largest absolute Gasteiger partial charge is 0.497 e. The SMILES string of the molecule is CCCC(N)CC(=O)N(C)Cc1cccc(OC)c1. The molecule has 0 saturated heterocycles. The van der Waals surface area contributed by atoms with Crippen molar-refractivity contribution in [2.75, 3.05) is 14.2 Å². The molecule has 0 radical (unpaired) electrons. The summed E-state index contributed by atoms with van der Waals surface area (Å²) >= 11 is 0. The van der Waals surface area contributed by atoms with Crippen molar-refractivity contribution in [3.05, 3.63) is 29.8 Å². The Bertz CT molecular complexity index is 407. The van der Waals surface area contributed by atoms with Gasteiger partial charge in [-0.05, 0) is 24.1 Å². The Kier molecular flexibility index (Phi) is 6.36. The monoisotopic (exact) mass is 264 g/mol. The molecule has 1 amide bonds. The van der Waals surface area contributed by atoms with E-state index in [0.717, 1.165) is 24.2 Å². The Morgan fingerprint density at radius 2 is 2.21 bits per heavy atom. The van der Waals surface area contributed by atoms with Crippen LogP contribution in [0.1, 0.15) is 31.7 Å². The average molecular weight is 264 g/mol. The van der Waals surface area contributed by atoms with Crippen molar-refractivity contribution in [3.63, 3.8) is 0 Å². The van der Waals surface area contributed by atoms with Gasteiger partial charge in [-0.1, -0.05) is 25.5 Å². The molecular weight excluding hydrogens is 240 g/mol. The predicted octanol–water partition coefficient (Wildman–Crippen LogP) is 2.17. The number of nitrogens with zero attached hydrogens (tertiary/aromatic N) is 1. The number of ether oxygens (including phenoxy) is 1. The highest BCUT2D eigenvalue weighted by molar-refractivity contribution is 5.76. The highest BCUT2D eigenvalue weighted by Gasteiger charge is 2.13. The summed E-state index contributed by atoms with van der Waals surface area (Å²) in [5.41, 5.74) is 6.95. The van der Waals surface area contributed by atoms with Gasteiger partial charge in [0.15, 0.2) is 0 Å². The summed E-state index contributed by atoms with van der Waals surface area (Å²) in [6, 6.07) is 7.71. The van der Waals surface area contributed by atoms with Crippen LogP contribution >= 0.6 is 0 Å². The van der Waals surface area contributed by atoms with Gasteiger partial charge in [-0.15, -0.1) is 0 Å². The van der Waals surface area contributed by atoms with E-state index in [4.69, 9.17) is 10.5 Å². The second-order valence-corrected chi connectivity index (χ2v) is 4.85. The lowest BCUT2D eigenvalue weighted by Gasteiger charge is -2.19. The van der Waals surface area contributed by atoms with E-state index in [9.17, 15) is 4.79 Å².